The van der Waals surface area contributed by atoms with Crippen LogP contribution in [0.25, 0.3) is 0 Å². The smallest absolute Gasteiger partial charge is 0.251 e. The second kappa shape index (κ2) is 11.3. The quantitative estimate of drug-likeness (QED) is 0.489. The van der Waals surface area contributed by atoms with E-state index in [4.69, 9.17) is 0 Å². The van der Waals surface area contributed by atoms with Crippen molar-refractivity contribution < 1.29 is 9.59 Å². The Morgan fingerprint density at radius 3 is 2.61 bits per heavy atom. The van der Waals surface area contributed by atoms with Crippen LogP contribution in [0.5, 0.6) is 0 Å². The number of amides is 2. The highest BCUT2D eigenvalue weighted by atomic mass is 16.2. The van der Waals surface area contributed by atoms with Crippen molar-refractivity contribution in [1.82, 2.24) is 20.9 Å². The van der Waals surface area contributed by atoms with E-state index in [2.05, 4.69) is 20.9 Å². The molecule has 1 aliphatic carbocycles. The van der Waals surface area contributed by atoms with Crippen molar-refractivity contribution in [1.29, 1.82) is 0 Å². The number of hydrogen-bond donors (Lipinski definition) is 3. The van der Waals surface area contributed by atoms with Crippen molar-refractivity contribution in [2.75, 3.05) is 34.2 Å². The monoisotopic (exact) mass is 387 g/mol. The maximum Gasteiger partial charge on any atom is 0.251 e. The third-order valence-electron chi connectivity index (χ3n) is 4.94. The van der Waals surface area contributed by atoms with Crippen molar-refractivity contribution in [3.8, 4) is 0 Å². The number of carbonyl (C=O) groups excluding carboxylic acids is 2. The lowest BCUT2D eigenvalue weighted by molar-refractivity contribution is -0.127. The number of likely N-dealkylation sites (N-methyl/N-ethyl adjacent to an activating group) is 1. The lowest BCUT2D eigenvalue weighted by Gasteiger charge is -2.25. The zero-order valence-electron chi connectivity index (χ0n) is 17.3. The molecule has 7 nitrogen and oxygen atoms in total. The summed E-state index contributed by atoms with van der Waals surface area (Å²) in [6.07, 6.45) is 6.78. The third-order valence-corrected chi connectivity index (χ3v) is 4.94. The van der Waals surface area contributed by atoms with Gasteiger partial charge in [-0.25, -0.2) is 4.99 Å². The fourth-order valence-electron chi connectivity index (χ4n) is 3.22. The lowest BCUT2D eigenvalue weighted by atomic mass is 9.96. The molecule has 0 aromatic heterocycles. The molecular formula is C21H33N5O2. The molecule has 1 aromatic carbocycles. The molecule has 1 aromatic rings. The van der Waals surface area contributed by atoms with Crippen molar-refractivity contribution in [3.05, 3.63) is 35.4 Å². The Hall–Kier alpha value is -2.57. The number of hydrogen-bond acceptors (Lipinski definition) is 3. The van der Waals surface area contributed by atoms with Gasteiger partial charge in [-0.1, -0.05) is 31.4 Å². The van der Waals surface area contributed by atoms with E-state index in [-0.39, 0.29) is 18.4 Å². The minimum atomic E-state index is -0.0850. The highest BCUT2D eigenvalue weighted by Crippen LogP contribution is 2.17. The second-order valence-electron chi connectivity index (χ2n) is 7.39. The molecule has 2 amide bonds. The van der Waals surface area contributed by atoms with Gasteiger partial charge in [-0.05, 0) is 37.0 Å². The normalized spacial score (nSPS) is 15.0. The molecule has 3 N–H and O–H groups in total. The first kappa shape index (κ1) is 21.7. The Kier molecular flexibility index (Phi) is 8.78. The number of nitrogens with one attached hydrogen (secondary N) is 3. The Balaban J connectivity index is 1.94. The summed E-state index contributed by atoms with van der Waals surface area (Å²) in [6, 6.07) is 8.02. The van der Waals surface area contributed by atoms with Gasteiger partial charge in [0.25, 0.3) is 5.91 Å². The van der Waals surface area contributed by atoms with E-state index in [0.29, 0.717) is 24.1 Å². The van der Waals surface area contributed by atoms with Gasteiger partial charge in [0.1, 0.15) is 6.54 Å². The van der Waals surface area contributed by atoms with Crippen LogP contribution < -0.4 is 16.0 Å². The van der Waals surface area contributed by atoms with E-state index in [9.17, 15) is 9.59 Å². The summed E-state index contributed by atoms with van der Waals surface area (Å²) in [5, 5.41) is 9.46. The van der Waals surface area contributed by atoms with Gasteiger partial charge in [-0.15, -0.1) is 0 Å². The van der Waals surface area contributed by atoms with Gasteiger partial charge in [-0.2, -0.15) is 0 Å². The van der Waals surface area contributed by atoms with E-state index in [1.54, 1.807) is 32.1 Å². The fraction of sp³-hybridized carbons (Fsp3) is 0.571. The number of guanidine groups is 1. The number of nitrogens with zero attached hydrogens (tertiary/aromatic N) is 2. The zero-order valence-corrected chi connectivity index (χ0v) is 17.3. The van der Waals surface area contributed by atoms with Crippen LogP contribution in [0.3, 0.4) is 0 Å². The van der Waals surface area contributed by atoms with Gasteiger partial charge in [0.05, 0.1) is 0 Å². The first-order valence-corrected chi connectivity index (χ1v) is 10.1. The molecule has 0 saturated heterocycles. The SMILES string of the molecule is CNC(=O)c1cccc(CCNC(=NCC(=O)N(C)C)NC2CCCCC2)c1. The highest BCUT2D eigenvalue weighted by molar-refractivity contribution is 5.94. The standard InChI is InChI=1S/C21H33N5O2/c1-22-20(28)17-9-7-8-16(14-17)12-13-23-21(24-15-19(27)26(2)3)25-18-10-5-4-6-11-18/h7-9,14,18H,4-6,10-13,15H2,1-3H3,(H,22,28)(H2,23,24,25). The van der Waals surface area contributed by atoms with Crippen LogP contribution in [0.4, 0.5) is 0 Å². The molecule has 0 atom stereocenters. The summed E-state index contributed by atoms with van der Waals surface area (Å²) < 4.78 is 0. The summed E-state index contributed by atoms with van der Waals surface area (Å²) in [5.41, 5.74) is 1.74. The molecule has 1 fully saturated rings. The Labute approximate surface area is 168 Å². The zero-order chi connectivity index (χ0) is 20.4. The molecule has 1 saturated carbocycles. The first-order valence-electron chi connectivity index (χ1n) is 10.1. The van der Waals surface area contributed by atoms with E-state index in [1.165, 1.54) is 19.3 Å². The number of aliphatic imine (C=N–C) groups is 1. The van der Waals surface area contributed by atoms with Crippen LogP contribution in [-0.4, -0.2) is 62.9 Å². The van der Waals surface area contributed by atoms with Crippen LogP contribution in [0.1, 0.15) is 48.0 Å². The number of rotatable bonds is 7. The molecule has 0 spiro atoms. The summed E-state index contributed by atoms with van der Waals surface area (Å²) in [5.74, 6) is 0.575. The molecule has 0 unspecified atom stereocenters. The average Bonchev–Trinajstić information content (AvgIpc) is 2.71. The van der Waals surface area contributed by atoms with Crippen molar-refractivity contribution in [2.45, 2.75) is 44.6 Å². The van der Waals surface area contributed by atoms with E-state index >= 15 is 0 Å². The van der Waals surface area contributed by atoms with E-state index in [1.807, 2.05) is 18.2 Å². The summed E-state index contributed by atoms with van der Waals surface area (Å²) in [6.45, 7) is 0.799. The van der Waals surface area contributed by atoms with Crippen LogP contribution in [0, 0.1) is 0 Å². The first-order chi connectivity index (χ1) is 13.5. The Morgan fingerprint density at radius 2 is 1.93 bits per heavy atom. The topological polar surface area (TPSA) is 85.8 Å². The molecule has 0 bridgehead atoms. The number of carbonyl (C=O) groups is 2. The minimum absolute atomic E-state index is 0.0250. The van der Waals surface area contributed by atoms with Crippen LogP contribution in [0.2, 0.25) is 0 Å². The van der Waals surface area contributed by atoms with Crippen LogP contribution >= 0.6 is 0 Å². The molecule has 2 rings (SSSR count). The molecule has 7 heteroatoms. The Bertz CT molecular complexity index is 681. The summed E-state index contributed by atoms with van der Waals surface area (Å²) in [7, 11) is 5.10. The van der Waals surface area contributed by atoms with Crippen LogP contribution in [0.15, 0.2) is 29.3 Å². The van der Waals surface area contributed by atoms with E-state index < -0.39 is 0 Å². The number of benzene rings is 1. The van der Waals surface area contributed by atoms with E-state index in [0.717, 1.165) is 24.8 Å². The van der Waals surface area contributed by atoms with Gasteiger partial charge in [-0.3, -0.25) is 9.59 Å². The maximum absolute atomic E-state index is 11.9. The lowest BCUT2D eigenvalue weighted by Crippen LogP contribution is -2.45. The fourth-order valence-corrected chi connectivity index (χ4v) is 3.22. The van der Waals surface area contributed by atoms with Gasteiger partial charge in [0.15, 0.2) is 5.96 Å². The van der Waals surface area contributed by atoms with Gasteiger partial charge in [0, 0.05) is 39.3 Å². The summed E-state index contributed by atoms with van der Waals surface area (Å²) >= 11 is 0. The molecule has 28 heavy (non-hydrogen) atoms. The maximum atomic E-state index is 11.9. The predicted molar refractivity (Wildman–Crippen MR) is 113 cm³/mol. The van der Waals surface area contributed by atoms with Crippen molar-refractivity contribution >= 4 is 17.8 Å². The van der Waals surface area contributed by atoms with Crippen molar-refractivity contribution in [3.63, 3.8) is 0 Å². The molecule has 1 aliphatic rings. The third kappa shape index (κ3) is 7.21. The largest absolute Gasteiger partial charge is 0.356 e. The molecule has 154 valence electrons. The average molecular weight is 388 g/mol. The van der Waals surface area contributed by atoms with Crippen molar-refractivity contribution in [2.24, 2.45) is 4.99 Å². The highest BCUT2D eigenvalue weighted by Gasteiger charge is 2.15. The molecular weight excluding hydrogens is 354 g/mol. The molecule has 0 aliphatic heterocycles. The second-order valence-corrected chi connectivity index (χ2v) is 7.39. The molecule has 0 heterocycles. The van der Waals surface area contributed by atoms with Gasteiger partial charge < -0.3 is 20.9 Å². The van der Waals surface area contributed by atoms with Gasteiger partial charge in [0.2, 0.25) is 5.91 Å². The van der Waals surface area contributed by atoms with Crippen LogP contribution in [-0.2, 0) is 11.2 Å². The van der Waals surface area contributed by atoms with Gasteiger partial charge >= 0.3 is 0 Å². The Morgan fingerprint density at radius 1 is 1.18 bits per heavy atom. The minimum Gasteiger partial charge on any atom is -0.356 e. The predicted octanol–water partition coefficient (Wildman–Crippen LogP) is 1.54. The molecule has 0 radical (unpaired) electrons. The summed E-state index contributed by atoms with van der Waals surface area (Å²) in [4.78, 5) is 29.7.